The standard InChI is InChI=1S/C27H33NO6/c1-15-13-20-24(25(30)21(15)26(31)33-3)23(17-9-8-10-18(29)14-17)22(16(2)28-20)27(32)34-19-11-6-4-5-7-12-19/h8-10,14-15,19,21,23,28-29H,4-7,11-13H2,1-3H3/t15-,21+,23+/m1/s1. The summed E-state index contributed by atoms with van der Waals surface area (Å²) in [4.78, 5) is 39.8. The molecule has 0 bridgehead atoms. The largest absolute Gasteiger partial charge is 0.508 e. The fourth-order valence-electron chi connectivity index (χ4n) is 5.56. The number of ether oxygens (including phenoxy) is 2. The number of carbonyl (C=O) groups excluding carboxylic acids is 3. The van der Waals surface area contributed by atoms with E-state index in [4.69, 9.17) is 9.47 Å². The molecule has 2 N–H and O–H groups in total. The van der Waals surface area contributed by atoms with Crippen LogP contribution in [-0.4, -0.2) is 36.0 Å². The van der Waals surface area contributed by atoms with Gasteiger partial charge in [0.15, 0.2) is 5.78 Å². The van der Waals surface area contributed by atoms with E-state index in [0.29, 0.717) is 34.5 Å². The molecule has 1 heterocycles. The summed E-state index contributed by atoms with van der Waals surface area (Å²) in [5, 5.41) is 13.5. The van der Waals surface area contributed by atoms with Crippen LogP contribution in [0.1, 0.15) is 70.3 Å². The molecular formula is C27H33NO6. The van der Waals surface area contributed by atoms with Crippen molar-refractivity contribution in [2.75, 3.05) is 7.11 Å². The van der Waals surface area contributed by atoms with E-state index in [-0.39, 0.29) is 23.6 Å². The first-order valence-electron chi connectivity index (χ1n) is 12.1. The first kappa shape index (κ1) is 24.0. The predicted octanol–water partition coefficient (Wildman–Crippen LogP) is 4.27. The molecule has 3 aliphatic rings. The predicted molar refractivity (Wildman–Crippen MR) is 126 cm³/mol. The molecule has 1 fully saturated rings. The van der Waals surface area contributed by atoms with Gasteiger partial charge in [0.2, 0.25) is 0 Å². The van der Waals surface area contributed by atoms with Gasteiger partial charge in [-0.2, -0.15) is 0 Å². The van der Waals surface area contributed by atoms with Crippen molar-refractivity contribution in [3.05, 3.63) is 52.4 Å². The summed E-state index contributed by atoms with van der Waals surface area (Å²) in [5.74, 6) is -3.28. The molecule has 1 aromatic carbocycles. The Bertz CT molecular complexity index is 1050. The minimum absolute atomic E-state index is 0.0356. The van der Waals surface area contributed by atoms with Gasteiger partial charge in [-0.25, -0.2) is 4.79 Å². The van der Waals surface area contributed by atoms with Crippen molar-refractivity contribution in [3.8, 4) is 5.75 Å². The molecule has 3 atom stereocenters. The van der Waals surface area contributed by atoms with E-state index in [1.54, 1.807) is 24.3 Å². The van der Waals surface area contributed by atoms with Crippen LogP contribution in [0.15, 0.2) is 46.8 Å². The van der Waals surface area contributed by atoms with Crippen LogP contribution in [0.3, 0.4) is 0 Å². The van der Waals surface area contributed by atoms with Crippen molar-refractivity contribution in [3.63, 3.8) is 0 Å². The fourth-order valence-corrected chi connectivity index (χ4v) is 5.56. The molecule has 7 nitrogen and oxygen atoms in total. The summed E-state index contributed by atoms with van der Waals surface area (Å²) in [6.07, 6.45) is 6.31. The number of aromatic hydroxyl groups is 1. The van der Waals surface area contributed by atoms with E-state index < -0.39 is 23.8 Å². The number of hydrogen-bond acceptors (Lipinski definition) is 7. The van der Waals surface area contributed by atoms with Crippen LogP contribution in [0, 0.1) is 11.8 Å². The molecule has 0 spiro atoms. The molecule has 0 radical (unpaired) electrons. The van der Waals surface area contributed by atoms with Gasteiger partial charge in [-0.15, -0.1) is 0 Å². The first-order chi connectivity index (χ1) is 16.3. The number of dihydropyridines is 1. The fraction of sp³-hybridized carbons (Fsp3) is 0.519. The summed E-state index contributed by atoms with van der Waals surface area (Å²) in [5.41, 5.74) is 2.65. The maximum absolute atomic E-state index is 13.7. The second-order valence-electron chi connectivity index (χ2n) is 9.65. The number of Topliss-reactive ketones (excluding diaryl/α,β-unsaturated/α-hetero) is 1. The molecule has 1 saturated carbocycles. The zero-order chi connectivity index (χ0) is 24.4. The number of carbonyl (C=O) groups is 3. The lowest BCUT2D eigenvalue weighted by atomic mass is 9.69. The Hall–Kier alpha value is -3.09. The van der Waals surface area contributed by atoms with E-state index in [1.165, 1.54) is 7.11 Å². The van der Waals surface area contributed by atoms with Crippen molar-refractivity contribution < 1.29 is 29.0 Å². The smallest absolute Gasteiger partial charge is 0.337 e. The third-order valence-electron chi connectivity index (χ3n) is 7.24. The number of ketones is 1. The summed E-state index contributed by atoms with van der Waals surface area (Å²) < 4.78 is 10.9. The average Bonchev–Trinajstić information content (AvgIpc) is 3.06. The minimum Gasteiger partial charge on any atom is -0.508 e. The van der Waals surface area contributed by atoms with Gasteiger partial charge in [0, 0.05) is 22.9 Å². The molecule has 34 heavy (non-hydrogen) atoms. The van der Waals surface area contributed by atoms with Crippen molar-refractivity contribution in [2.24, 2.45) is 11.8 Å². The lowest BCUT2D eigenvalue weighted by Gasteiger charge is -2.38. The molecule has 1 aliphatic heterocycles. The molecule has 2 aliphatic carbocycles. The second kappa shape index (κ2) is 10.0. The second-order valence-corrected chi connectivity index (χ2v) is 9.65. The minimum atomic E-state index is -0.942. The van der Waals surface area contributed by atoms with Gasteiger partial charge >= 0.3 is 11.9 Å². The maximum Gasteiger partial charge on any atom is 0.337 e. The van der Waals surface area contributed by atoms with Gasteiger partial charge in [0.05, 0.1) is 12.7 Å². The molecule has 7 heteroatoms. The van der Waals surface area contributed by atoms with Crippen molar-refractivity contribution in [2.45, 2.75) is 70.8 Å². The lowest BCUT2D eigenvalue weighted by Crippen LogP contribution is -2.43. The molecule has 0 amide bonds. The molecule has 182 valence electrons. The molecule has 0 aromatic heterocycles. The van der Waals surface area contributed by atoms with Crippen molar-refractivity contribution >= 4 is 17.7 Å². The van der Waals surface area contributed by atoms with Crippen LogP contribution in [0.5, 0.6) is 5.75 Å². The highest BCUT2D eigenvalue weighted by atomic mass is 16.5. The molecule has 1 aromatic rings. The molecule has 0 saturated heterocycles. The lowest BCUT2D eigenvalue weighted by molar-refractivity contribution is -0.151. The Morgan fingerprint density at radius 2 is 1.82 bits per heavy atom. The van der Waals surface area contributed by atoms with Gasteiger partial charge in [0.25, 0.3) is 0 Å². The zero-order valence-electron chi connectivity index (χ0n) is 20.1. The Balaban J connectivity index is 1.77. The number of hydrogen-bond donors (Lipinski definition) is 2. The van der Waals surface area contributed by atoms with E-state index >= 15 is 0 Å². The van der Waals surface area contributed by atoms with Crippen molar-refractivity contribution in [1.82, 2.24) is 5.32 Å². The van der Waals surface area contributed by atoms with Gasteiger partial charge in [0.1, 0.15) is 17.8 Å². The van der Waals surface area contributed by atoms with Crippen LogP contribution in [0.25, 0.3) is 0 Å². The molecule has 0 unspecified atom stereocenters. The van der Waals surface area contributed by atoms with E-state index in [0.717, 1.165) is 38.5 Å². The van der Waals surface area contributed by atoms with Gasteiger partial charge < -0.3 is 19.9 Å². The highest BCUT2D eigenvalue weighted by molar-refractivity contribution is 6.12. The van der Waals surface area contributed by atoms with Crippen LogP contribution in [0.2, 0.25) is 0 Å². The third kappa shape index (κ3) is 4.61. The maximum atomic E-state index is 13.7. The van der Waals surface area contributed by atoms with Gasteiger partial charge in [-0.3, -0.25) is 9.59 Å². The first-order valence-corrected chi connectivity index (χ1v) is 12.1. The quantitative estimate of drug-likeness (QED) is 0.387. The highest BCUT2D eigenvalue weighted by Gasteiger charge is 2.47. The monoisotopic (exact) mass is 467 g/mol. The Labute approximate surface area is 200 Å². The van der Waals surface area contributed by atoms with Gasteiger partial charge in [-0.1, -0.05) is 31.9 Å². The third-order valence-corrected chi connectivity index (χ3v) is 7.24. The number of methoxy groups -OCH3 is 1. The van der Waals surface area contributed by atoms with Crippen LogP contribution in [0.4, 0.5) is 0 Å². The number of rotatable bonds is 4. The van der Waals surface area contributed by atoms with Crippen LogP contribution < -0.4 is 5.32 Å². The summed E-state index contributed by atoms with van der Waals surface area (Å²) >= 11 is 0. The summed E-state index contributed by atoms with van der Waals surface area (Å²) in [6, 6.07) is 6.57. The average molecular weight is 468 g/mol. The number of esters is 2. The van der Waals surface area contributed by atoms with Crippen molar-refractivity contribution in [1.29, 1.82) is 0 Å². The van der Waals surface area contributed by atoms with Crippen LogP contribution in [-0.2, 0) is 23.9 Å². The zero-order valence-corrected chi connectivity index (χ0v) is 20.1. The summed E-state index contributed by atoms with van der Waals surface area (Å²) in [7, 11) is 1.28. The molecule has 4 rings (SSSR count). The highest BCUT2D eigenvalue weighted by Crippen LogP contribution is 2.46. The SMILES string of the molecule is COC(=O)[C@@H]1C(=O)C2=C(C[C@H]1C)NC(C)=C(C(=O)OC1CCCCCC1)[C@@H]2c1cccc(O)c1. The number of allylic oxidation sites excluding steroid dienone is 3. The number of nitrogens with one attached hydrogen (secondary N) is 1. The summed E-state index contributed by atoms with van der Waals surface area (Å²) in [6.45, 7) is 3.66. The Kier molecular flexibility index (Phi) is 7.10. The number of phenolic OH excluding ortho intramolecular Hbond substituents is 1. The topological polar surface area (TPSA) is 102 Å². The van der Waals surface area contributed by atoms with E-state index in [1.807, 2.05) is 13.8 Å². The Morgan fingerprint density at radius 3 is 2.47 bits per heavy atom. The van der Waals surface area contributed by atoms with E-state index in [9.17, 15) is 19.5 Å². The molecular weight excluding hydrogens is 434 g/mol. The van der Waals surface area contributed by atoms with Crippen LogP contribution >= 0.6 is 0 Å². The Morgan fingerprint density at radius 1 is 1.12 bits per heavy atom. The van der Waals surface area contributed by atoms with Gasteiger partial charge in [-0.05, 0) is 62.6 Å². The number of phenols is 1. The normalized spacial score (nSPS) is 25.9. The number of benzene rings is 1. The van der Waals surface area contributed by atoms with E-state index in [2.05, 4.69) is 5.32 Å².